The van der Waals surface area contributed by atoms with Crippen molar-refractivity contribution in [2.24, 2.45) is 0 Å². The van der Waals surface area contributed by atoms with Crippen LogP contribution in [0.3, 0.4) is 0 Å². The van der Waals surface area contributed by atoms with Gasteiger partial charge in [0.25, 0.3) is 6.29 Å². The van der Waals surface area contributed by atoms with E-state index in [4.69, 9.17) is 9.84 Å². The minimum atomic E-state index is -1.12. The molecule has 0 spiro atoms. The third kappa shape index (κ3) is 2.62. The van der Waals surface area contributed by atoms with Crippen LogP contribution in [-0.4, -0.2) is 23.3 Å². The number of rotatable bonds is 3. The summed E-state index contributed by atoms with van der Waals surface area (Å²) in [4.78, 5) is 20.8. The normalized spacial score (nSPS) is 21.5. The van der Waals surface area contributed by atoms with Crippen molar-refractivity contribution in [2.45, 2.75) is 13.2 Å². The Kier molecular flexibility index (Phi) is 2.69. The van der Waals surface area contributed by atoms with Crippen LogP contribution in [-0.2, 0) is 19.1 Å². The molecular formula is C8H8O5. The first-order valence-electron chi connectivity index (χ1n) is 3.54. The molecule has 0 fully saturated rings. The van der Waals surface area contributed by atoms with Gasteiger partial charge < -0.3 is 14.6 Å². The van der Waals surface area contributed by atoms with Crippen molar-refractivity contribution in [3.63, 3.8) is 0 Å². The SMILES string of the molecule is CC1=CC(O/C=C/C(=O)O)OC1=O. The molecule has 1 aliphatic rings. The monoisotopic (exact) mass is 184 g/mol. The molecule has 0 aliphatic carbocycles. The van der Waals surface area contributed by atoms with Gasteiger partial charge in [-0.1, -0.05) is 0 Å². The predicted octanol–water partition coefficient (Wildman–Crippen LogP) is 0.430. The largest absolute Gasteiger partial charge is 0.478 e. The second-order valence-corrected chi connectivity index (χ2v) is 2.40. The van der Waals surface area contributed by atoms with E-state index in [0.717, 1.165) is 12.3 Å². The van der Waals surface area contributed by atoms with Crippen LogP contribution >= 0.6 is 0 Å². The number of ether oxygens (including phenoxy) is 2. The van der Waals surface area contributed by atoms with E-state index in [1.54, 1.807) is 6.92 Å². The van der Waals surface area contributed by atoms with Crippen LogP contribution in [0.15, 0.2) is 24.0 Å². The molecule has 1 rings (SSSR count). The lowest BCUT2D eigenvalue weighted by Crippen LogP contribution is -2.09. The van der Waals surface area contributed by atoms with Crippen molar-refractivity contribution in [2.75, 3.05) is 0 Å². The number of carbonyl (C=O) groups is 2. The fraction of sp³-hybridized carbons (Fsp3) is 0.250. The average molecular weight is 184 g/mol. The topological polar surface area (TPSA) is 72.8 Å². The Morgan fingerprint density at radius 1 is 1.77 bits per heavy atom. The molecule has 1 heterocycles. The van der Waals surface area contributed by atoms with Gasteiger partial charge in [-0.15, -0.1) is 0 Å². The summed E-state index contributed by atoms with van der Waals surface area (Å²) in [7, 11) is 0. The van der Waals surface area contributed by atoms with Crippen LogP contribution < -0.4 is 0 Å². The first-order valence-corrected chi connectivity index (χ1v) is 3.54. The van der Waals surface area contributed by atoms with Gasteiger partial charge in [-0.05, 0) is 6.92 Å². The molecule has 13 heavy (non-hydrogen) atoms. The third-order valence-electron chi connectivity index (χ3n) is 1.35. The number of carbonyl (C=O) groups excluding carboxylic acids is 1. The van der Waals surface area contributed by atoms with E-state index >= 15 is 0 Å². The lowest BCUT2D eigenvalue weighted by atomic mass is 10.3. The molecule has 1 atom stereocenters. The quantitative estimate of drug-likeness (QED) is 0.391. The first kappa shape index (κ1) is 9.31. The van der Waals surface area contributed by atoms with Gasteiger partial charge in [-0.3, -0.25) is 0 Å². The van der Waals surface area contributed by atoms with Gasteiger partial charge in [0.2, 0.25) is 0 Å². The number of hydrogen-bond donors (Lipinski definition) is 1. The van der Waals surface area contributed by atoms with E-state index in [1.165, 1.54) is 6.08 Å². The lowest BCUT2D eigenvalue weighted by Gasteiger charge is -2.05. The summed E-state index contributed by atoms with van der Waals surface area (Å²) in [6.07, 6.45) is 2.45. The van der Waals surface area contributed by atoms with Crippen LogP contribution in [0, 0.1) is 0 Å². The number of carboxylic acid groups (broad SMARTS) is 1. The fourth-order valence-electron chi connectivity index (χ4n) is 0.747. The molecule has 0 bridgehead atoms. The zero-order chi connectivity index (χ0) is 9.84. The van der Waals surface area contributed by atoms with Gasteiger partial charge in [-0.2, -0.15) is 0 Å². The van der Waals surface area contributed by atoms with E-state index in [-0.39, 0.29) is 0 Å². The Morgan fingerprint density at radius 3 is 2.92 bits per heavy atom. The maximum atomic E-state index is 10.8. The molecule has 0 saturated carbocycles. The van der Waals surface area contributed by atoms with E-state index in [0.29, 0.717) is 5.57 Å². The molecular weight excluding hydrogens is 176 g/mol. The van der Waals surface area contributed by atoms with Crippen LogP contribution in [0.2, 0.25) is 0 Å². The van der Waals surface area contributed by atoms with Crippen LogP contribution in [0.25, 0.3) is 0 Å². The third-order valence-corrected chi connectivity index (χ3v) is 1.35. The Morgan fingerprint density at radius 2 is 2.46 bits per heavy atom. The van der Waals surface area contributed by atoms with Crippen molar-refractivity contribution in [3.8, 4) is 0 Å². The summed E-state index contributed by atoms with van der Waals surface area (Å²) < 4.78 is 9.43. The van der Waals surface area contributed by atoms with Crippen molar-refractivity contribution in [1.29, 1.82) is 0 Å². The summed E-state index contributed by atoms with van der Waals surface area (Å²) >= 11 is 0. The van der Waals surface area contributed by atoms with Crippen molar-refractivity contribution < 1.29 is 24.2 Å². The smallest absolute Gasteiger partial charge is 0.336 e. The maximum absolute atomic E-state index is 10.8. The molecule has 0 aromatic carbocycles. The highest BCUT2D eigenvalue weighted by atomic mass is 16.7. The van der Waals surface area contributed by atoms with E-state index in [1.807, 2.05) is 0 Å². The highest BCUT2D eigenvalue weighted by molar-refractivity contribution is 5.89. The number of carboxylic acids is 1. The summed E-state index contributed by atoms with van der Waals surface area (Å²) in [6.45, 7) is 1.59. The summed E-state index contributed by atoms with van der Waals surface area (Å²) in [5, 5.41) is 8.20. The zero-order valence-electron chi connectivity index (χ0n) is 6.89. The molecule has 1 unspecified atom stereocenters. The fourth-order valence-corrected chi connectivity index (χ4v) is 0.747. The van der Waals surface area contributed by atoms with Gasteiger partial charge in [0.05, 0.1) is 12.3 Å². The number of hydrogen-bond acceptors (Lipinski definition) is 4. The van der Waals surface area contributed by atoms with Crippen LogP contribution in [0.4, 0.5) is 0 Å². The number of aliphatic carboxylic acids is 1. The van der Waals surface area contributed by atoms with Gasteiger partial charge in [0.15, 0.2) is 0 Å². The Hall–Kier alpha value is -1.78. The molecule has 0 radical (unpaired) electrons. The maximum Gasteiger partial charge on any atom is 0.336 e. The van der Waals surface area contributed by atoms with Gasteiger partial charge in [0, 0.05) is 11.6 Å². The van der Waals surface area contributed by atoms with Crippen molar-refractivity contribution in [3.05, 3.63) is 24.0 Å². The molecule has 0 amide bonds. The second kappa shape index (κ2) is 3.75. The highest BCUT2D eigenvalue weighted by Gasteiger charge is 2.22. The number of cyclic esters (lactones) is 1. The lowest BCUT2D eigenvalue weighted by molar-refractivity contribution is -0.152. The molecule has 1 N–H and O–H groups in total. The Balaban J connectivity index is 2.41. The highest BCUT2D eigenvalue weighted by Crippen LogP contribution is 2.13. The van der Waals surface area contributed by atoms with E-state index < -0.39 is 18.2 Å². The summed E-state index contributed by atoms with van der Waals surface area (Å²) in [5.74, 6) is -1.57. The molecule has 0 saturated heterocycles. The Bertz CT molecular complexity index is 289. The summed E-state index contributed by atoms with van der Waals surface area (Å²) in [6, 6.07) is 0. The van der Waals surface area contributed by atoms with Gasteiger partial charge in [-0.25, -0.2) is 9.59 Å². The second-order valence-electron chi connectivity index (χ2n) is 2.40. The van der Waals surface area contributed by atoms with Gasteiger partial charge >= 0.3 is 11.9 Å². The molecule has 0 aromatic heterocycles. The summed E-state index contributed by atoms with van der Waals surface area (Å²) in [5.41, 5.74) is 0.453. The Labute approximate surface area is 74.3 Å². The molecule has 70 valence electrons. The minimum Gasteiger partial charge on any atom is -0.478 e. The average Bonchev–Trinajstić information content (AvgIpc) is 2.30. The van der Waals surface area contributed by atoms with Crippen LogP contribution in [0.1, 0.15) is 6.92 Å². The molecule has 1 aliphatic heterocycles. The minimum absolute atomic E-state index is 0.450. The molecule has 0 aromatic rings. The number of esters is 1. The zero-order valence-corrected chi connectivity index (χ0v) is 6.89. The van der Waals surface area contributed by atoms with E-state index in [2.05, 4.69) is 4.74 Å². The predicted molar refractivity (Wildman–Crippen MR) is 41.5 cm³/mol. The van der Waals surface area contributed by atoms with Crippen molar-refractivity contribution in [1.82, 2.24) is 0 Å². The van der Waals surface area contributed by atoms with Crippen LogP contribution in [0.5, 0.6) is 0 Å². The van der Waals surface area contributed by atoms with E-state index in [9.17, 15) is 9.59 Å². The molecule has 5 nitrogen and oxygen atoms in total. The van der Waals surface area contributed by atoms with Crippen molar-refractivity contribution >= 4 is 11.9 Å². The molecule has 5 heteroatoms. The first-order chi connectivity index (χ1) is 6.09. The van der Waals surface area contributed by atoms with Gasteiger partial charge in [0.1, 0.15) is 0 Å². The standard InChI is InChI=1S/C8H8O5/c1-5-4-7(13-8(5)11)12-3-2-6(9)10/h2-4,7H,1H3,(H,9,10)/b3-2+.